The first kappa shape index (κ1) is 21.7. The van der Waals surface area contributed by atoms with Crippen LogP contribution in [0.1, 0.15) is 56.5 Å². The van der Waals surface area contributed by atoms with Crippen LogP contribution in [0.15, 0.2) is 45.3 Å². The van der Waals surface area contributed by atoms with Crippen molar-refractivity contribution in [2.75, 3.05) is 13.1 Å². The van der Waals surface area contributed by atoms with E-state index in [4.69, 9.17) is 13.7 Å². The molecule has 168 valence electrons. The molecule has 0 saturated carbocycles. The molecule has 0 bridgehead atoms. The van der Waals surface area contributed by atoms with Crippen molar-refractivity contribution in [3.63, 3.8) is 0 Å². The monoisotopic (exact) mass is 437 g/mol. The van der Waals surface area contributed by atoms with Gasteiger partial charge in [-0.15, -0.1) is 0 Å². The number of furan rings is 1. The first-order valence-corrected chi connectivity index (χ1v) is 10.7. The molecule has 0 spiro atoms. The van der Waals surface area contributed by atoms with Gasteiger partial charge in [0.25, 0.3) is 11.8 Å². The van der Waals surface area contributed by atoms with Crippen LogP contribution < -0.4 is 10.1 Å². The quantitative estimate of drug-likeness (QED) is 0.630. The number of ether oxygens (including phenoxy) is 1. The summed E-state index contributed by atoms with van der Waals surface area (Å²) < 4.78 is 16.3. The topological polar surface area (TPSA) is 97.8 Å². The van der Waals surface area contributed by atoms with Gasteiger partial charge < -0.3 is 23.9 Å². The molecule has 1 N–H and O–H groups in total. The SMILES string of the molecule is Cc1ccc(C(=O)NC2CCN(C(=O)c3ccc(OCc4c(C)noc4C)cc3)CC2)o1. The molecule has 1 aromatic carbocycles. The number of hydrogen-bond acceptors (Lipinski definition) is 6. The van der Waals surface area contributed by atoms with E-state index in [1.54, 1.807) is 43.3 Å². The molecule has 1 saturated heterocycles. The van der Waals surface area contributed by atoms with E-state index >= 15 is 0 Å². The first-order chi connectivity index (χ1) is 15.4. The zero-order valence-electron chi connectivity index (χ0n) is 18.5. The predicted octanol–water partition coefficient (Wildman–Crippen LogP) is 3.81. The number of carbonyl (C=O) groups is 2. The molecule has 0 atom stereocenters. The molecular weight excluding hydrogens is 410 g/mol. The number of aryl methyl sites for hydroxylation is 3. The molecule has 2 aromatic heterocycles. The summed E-state index contributed by atoms with van der Waals surface area (Å²) in [4.78, 5) is 26.9. The highest BCUT2D eigenvalue weighted by Gasteiger charge is 2.25. The Kier molecular flexibility index (Phi) is 6.30. The van der Waals surface area contributed by atoms with E-state index in [0.717, 1.165) is 17.0 Å². The normalized spacial score (nSPS) is 14.4. The third-order valence-corrected chi connectivity index (χ3v) is 5.75. The molecule has 4 rings (SSSR count). The fourth-order valence-corrected chi connectivity index (χ4v) is 3.78. The van der Waals surface area contributed by atoms with Crippen molar-refractivity contribution in [2.24, 2.45) is 0 Å². The van der Waals surface area contributed by atoms with Crippen molar-refractivity contribution < 1.29 is 23.3 Å². The number of likely N-dealkylation sites (tertiary alicyclic amines) is 1. The Labute approximate surface area is 186 Å². The fourth-order valence-electron chi connectivity index (χ4n) is 3.78. The van der Waals surface area contributed by atoms with Crippen LogP contribution in [0.2, 0.25) is 0 Å². The second-order valence-electron chi connectivity index (χ2n) is 8.07. The van der Waals surface area contributed by atoms with Crippen molar-refractivity contribution in [3.05, 3.63) is 70.5 Å². The predicted molar refractivity (Wildman–Crippen MR) is 117 cm³/mol. The number of aromatic nitrogens is 1. The molecule has 32 heavy (non-hydrogen) atoms. The summed E-state index contributed by atoms with van der Waals surface area (Å²) in [6.45, 7) is 7.08. The van der Waals surface area contributed by atoms with E-state index in [-0.39, 0.29) is 17.9 Å². The molecule has 0 unspecified atom stereocenters. The average molecular weight is 437 g/mol. The minimum atomic E-state index is -0.213. The Morgan fingerprint density at radius 2 is 1.81 bits per heavy atom. The van der Waals surface area contributed by atoms with Crippen LogP contribution in [0.4, 0.5) is 0 Å². The molecular formula is C24H27N3O5. The lowest BCUT2D eigenvalue weighted by molar-refractivity contribution is 0.0695. The van der Waals surface area contributed by atoms with E-state index in [9.17, 15) is 9.59 Å². The molecule has 0 radical (unpaired) electrons. The van der Waals surface area contributed by atoms with E-state index in [1.165, 1.54) is 0 Å². The van der Waals surface area contributed by atoms with Crippen molar-refractivity contribution in [1.82, 2.24) is 15.4 Å². The van der Waals surface area contributed by atoms with Gasteiger partial charge in [-0.05, 0) is 70.0 Å². The highest BCUT2D eigenvalue weighted by atomic mass is 16.5. The van der Waals surface area contributed by atoms with Crippen LogP contribution in [-0.4, -0.2) is 41.0 Å². The van der Waals surface area contributed by atoms with Gasteiger partial charge in [-0.2, -0.15) is 0 Å². The smallest absolute Gasteiger partial charge is 0.287 e. The zero-order chi connectivity index (χ0) is 22.7. The highest BCUT2D eigenvalue weighted by molar-refractivity contribution is 5.94. The molecule has 8 heteroatoms. The van der Waals surface area contributed by atoms with Gasteiger partial charge in [0.15, 0.2) is 5.76 Å². The maximum absolute atomic E-state index is 12.9. The molecule has 3 heterocycles. The van der Waals surface area contributed by atoms with E-state index in [1.807, 2.05) is 18.7 Å². The van der Waals surface area contributed by atoms with Crippen LogP contribution in [0, 0.1) is 20.8 Å². The van der Waals surface area contributed by atoms with Gasteiger partial charge >= 0.3 is 0 Å². The Hall–Kier alpha value is -3.55. The summed E-state index contributed by atoms with van der Waals surface area (Å²) in [6.07, 6.45) is 1.41. The van der Waals surface area contributed by atoms with Gasteiger partial charge in [-0.25, -0.2) is 0 Å². The van der Waals surface area contributed by atoms with Gasteiger partial charge in [0.05, 0.1) is 11.3 Å². The van der Waals surface area contributed by atoms with Gasteiger partial charge in [0.2, 0.25) is 0 Å². The minimum Gasteiger partial charge on any atom is -0.489 e. The number of carbonyl (C=O) groups excluding carboxylic acids is 2. The lowest BCUT2D eigenvalue weighted by atomic mass is 10.0. The summed E-state index contributed by atoms with van der Waals surface area (Å²) in [7, 11) is 0. The van der Waals surface area contributed by atoms with Crippen molar-refractivity contribution in [3.8, 4) is 5.75 Å². The van der Waals surface area contributed by atoms with Crippen LogP contribution in [-0.2, 0) is 6.61 Å². The van der Waals surface area contributed by atoms with E-state index in [2.05, 4.69) is 10.5 Å². The minimum absolute atomic E-state index is 0.0197. The molecule has 0 aliphatic carbocycles. The molecule has 8 nitrogen and oxygen atoms in total. The van der Waals surface area contributed by atoms with E-state index < -0.39 is 0 Å². The second kappa shape index (κ2) is 9.30. The van der Waals surface area contributed by atoms with E-state index in [0.29, 0.717) is 55.4 Å². The van der Waals surface area contributed by atoms with Crippen LogP contribution in [0.3, 0.4) is 0 Å². The number of nitrogens with one attached hydrogen (secondary N) is 1. The second-order valence-corrected chi connectivity index (χ2v) is 8.07. The summed E-state index contributed by atoms with van der Waals surface area (Å²) in [5, 5.41) is 6.91. The maximum Gasteiger partial charge on any atom is 0.287 e. The van der Waals surface area contributed by atoms with Gasteiger partial charge in [0.1, 0.15) is 23.9 Å². The number of amides is 2. The number of benzene rings is 1. The van der Waals surface area contributed by atoms with Gasteiger partial charge in [-0.3, -0.25) is 9.59 Å². The third kappa shape index (κ3) is 4.85. The zero-order valence-corrected chi connectivity index (χ0v) is 18.5. The Bertz CT molecular complexity index is 1070. The van der Waals surface area contributed by atoms with Crippen molar-refractivity contribution >= 4 is 11.8 Å². The largest absolute Gasteiger partial charge is 0.489 e. The summed E-state index contributed by atoms with van der Waals surface area (Å²) in [5.41, 5.74) is 2.36. The standard InChI is InChI=1S/C24H27N3O5/c1-15-4-9-22(31-15)23(28)25-19-10-12-27(13-11-19)24(29)18-5-7-20(8-6-18)30-14-21-16(2)26-32-17(21)3/h4-9,19H,10-14H2,1-3H3,(H,25,28). The molecule has 1 fully saturated rings. The van der Waals surface area contributed by atoms with Gasteiger partial charge in [0, 0.05) is 24.7 Å². The molecule has 3 aromatic rings. The van der Waals surface area contributed by atoms with Crippen LogP contribution in [0.5, 0.6) is 5.75 Å². The number of rotatable bonds is 6. The number of hydrogen-bond donors (Lipinski definition) is 1. The Balaban J connectivity index is 1.27. The number of piperidine rings is 1. The van der Waals surface area contributed by atoms with Crippen molar-refractivity contribution in [2.45, 2.75) is 46.3 Å². The van der Waals surface area contributed by atoms with Crippen LogP contribution >= 0.6 is 0 Å². The Morgan fingerprint density at radius 1 is 1.09 bits per heavy atom. The summed E-state index contributed by atoms with van der Waals surface area (Å²) >= 11 is 0. The maximum atomic E-state index is 12.9. The Morgan fingerprint density at radius 3 is 2.41 bits per heavy atom. The molecule has 1 aliphatic rings. The average Bonchev–Trinajstić information content (AvgIpc) is 3.38. The van der Waals surface area contributed by atoms with Crippen molar-refractivity contribution in [1.29, 1.82) is 0 Å². The van der Waals surface area contributed by atoms with Crippen LogP contribution in [0.25, 0.3) is 0 Å². The fraction of sp³-hybridized carbons (Fsp3) is 0.375. The highest BCUT2D eigenvalue weighted by Crippen LogP contribution is 2.20. The van der Waals surface area contributed by atoms with Gasteiger partial charge in [-0.1, -0.05) is 5.16 Å². The summed E-state index contributed by atoms with van der Waals surface area (Å²) in [5.74, 6) is 2.21. The molecule has 1 aliphatic heterocycles. The third-order valence-electron chi connectivity index (χ3n) is 5.75. The molecule has 2 amide bonds. The number of nitrogens with zero attached hydrogens (tertiary/aromatic N) is 2. The summed E-state index contributed by atoms with van der Waals surface area (Å²) in [6, 6.07) is 10.6. The first-order valence-electron chi connectivity index (χ1n) is 10.7. The lowest BCUT2D eigenvalue weighted by Gasteiger charge is -2.32. The lowest BCUT2D eigenvalue weighted by Crippen LogP contribution is -2.46.